The minimum atomic E-state index is -0.131. The Morgan fingerprint density at radius 3 is 2.20 bits per heavy atom. The molecule has 2 amide bonds. The number of aryl methyl sites for hydroxylation is 1. The Morgan fingerprint density at radius 2 is 1.54 bits per heavy atom. The first-order valence-electron chi connectivity index (χ1n) is 11.3. The molecule has 1 aliphatic rings. The zero-order chi connectivity index (χ0) is 24.8. The predicted molar refractivity (Wildman–Crippen MR) is 127 cm³/mol. The van der Waals surface area contributed by atoms with Crippen LogP contribution in [0.2, 0.25) is 0 Å². The van der Waals surface area contributed by atoms with Crippen LogP contribution in [0.1, 0.15) is 22.7 Å². The van der Waals surface area contributed by atoms with Gasteiger partial charge in [-0.2, -0.15) is 4.98 Å². The number of benzene rings is 2. The summed E-state index contributed by atoms with van der Waals surface area (Å²) in [5.41, 5.74) is 1.28. The van der Waals surface area contributed by atoms with E-state index in [1.807, 2.05) is 24.3 Å². The molecule has 184 valence electrons. The van der Waals surface area contributed by atoms with Crippen molar-refractivity contribution in [3.63, 3.8) is 0 Å². The summed E-state index contributed by atoms with van der Waals surface area (Å²) in [5, 5.41) is 4.00. The molecule has 0 atom stereocenters. The van der Waals surface area contributed by atoms with E-state index in [1.165, 1.54) is 7.11 Å². The van der Waals surface area contributed by atoms with E-state index in [0.29, 0.717) is 61.4 Å². The molecule has 0 N–H and O–H groups in total. The number of carbonyl (C=O) groups excluding carboxylic acids is 2. The normalized spacial score (nSPS) is 13.5. The summed E-state index contributed by atoms with van der Waals surface area (Å²) in [6.07, 6.45) is 0.606. The van der Waals surface area contributed by atoms with Crippen LogP contribution in [0.5, 0.6) is 17.2 Å². The number of nitrogens with zero attached hydrogens (tertiary/aromatic N) is 4. The molecule has 4 rings (SSSR count). The van der Waals surface area contributed by atoms with Gasteiger partial charge in [-0.3, -0.25) is 9.59 Å². The van der Waals surface area contributed by atoms with Gasteiger partial charge in [-0.15, -0.1) is 0 Å². The van der Waals surface area contributed by atoms with Gasteiger partial charge in [0.1, 0.15) is 17.2 Å². The van der Waals surface area contributed by atoms with Crippen LogP contribution in [-0.2, 0) is 11.2 Å². The van der Waals surface area contributed by atoms with E-state index >= 15 is 0 Å². The largest absolute Gasteiger partial charge is 0.497 e. The average Bonchev–Trinajstić information content (AvgIpc) is 3.40. The van der Waals surface area contributed by atoms with Crippen LogP contribution in [0.3, 0.4) is 0 Å². The van der Waals surface area contributed by atoms with Gasteiger partial charge in [0.25, 0.3) is 5.91 Å². The molecule has 1 aromatic heterocycles. The van der Waals surface area contributed by atoms with Crippen LogP contribution in [-0.4, -0.2) is 79.3 Å². The molecule has 0 spiro atoms. The maximum Gasteiger partial charge on any atom is 0.257 e. The molecule has 10 nitrogen and oxygen atoms in total. The highest BCUT2D eigenvalue weighted by molar-refractivity contribution is 5.97. The molecule has 35 heavy (non-hydrogen) atoms. The monoisotopic (exact) mass is 480 g/mol. The molecule has 2 heterocycles. The summed E-state index contributed by atoms with van der Waals surface area (Å²) in [5.74, 6) is 2.55. The first kappa shape index (κ1) is 24.1. The highest BCUT2D eigenvalue weighted by Gasteiger charge is 2.27. The van der Waals surface area contributed by atoms with Crippen molar-refractivity contribution >= 4 is 11.8 Å². The second kappa shape index (κ2) is 10.9. The van der Waals surface area contributed by atoms with Gasteiger partial charge in [0.2, 0.25) is 17.6 Å². The number of rotatable bonds is 8. The summed E-state index contributed by atoms with van der Waals surface area (Å²) in [6, 6.07) is 12.5. The van der Waals surface area contributed by atoms with Gasteiger partial charge in [0.15, 0.2) is 0 Å². The SMILES string of the molecule is COc1ccc(-c2noc(CCC(=O)N3CCN(C(=O)c4ccc(OC)cc4OC)CC3)n2)cc1. The van der Waals surface area contributed by atoms with Crippen molar-refractivity contribution in [1.29, 1.82) is 0 Å². The lowest BCUT2D eigenvalue weighted by Crippen LogP contribution is -2.50. The van der Waals surface area contributed by atoms with Crippen molar-refractivity contribution in [3.05, 3.63) is 53.9 Å². The van der Waals surface area contributed by atoms with Crippen LogP contribution in [0.15, 0.2) is 47.0 Å². The van der Waals surface area contributed by atoms with Gasteiger partial charge in [-0.25, -0.2) is 0 Å². The van der Waals surface area contributed by atoms with E-state index in [9.17, 15) is 9.59 Å². The van der Waals surface area contributed by atoms with Crippen LogP contribution in [0.4, 0.5) is 0 Å². The second-order valence-electron chi connectivity index (χ2n) is 7.98. The summed E-state index contributed by atoms with van der Waals surface area (Å²) < 4.78 is 21.0. The average molecular weight is 481 g/mol. The van der Waals surface area contributed by atoms with E-state index in [-0.39, 0.29) is 18.2 Å². The zero-order valence-electron chi connectivity index (χ0n) is 20.0. The van der Waals surface area contributed by atoms with Gasteiger partial charge in [0.05, 0.1) is 26.9 Å². The number of hydrogen-bond donors (Lipinski definition) is 0. The molecule has 2 aromatic carbocycles. The predicted octanol–water partition coefficient (Wildman–Crippen LogP) is 2.68. The Bertz CT molecular complexity index is 1170. The number of piperazine rings is 1. The van der Waals surface area contributed by atoms with Gasteiger partial charge in [0, 0.05) is 50.7 Å². The highest BCUT2D eigenvalue weighted by Crippen LogP contribution is 2.26. The molecule has 0 saturated carbocycles. The fourth-order valence-electron chi connectivity index (χ4n) is 3.89. The van der Waals surface area contributed by atoms with Crippen LogP contribution in [0, 0.1) is 0 Å². The molecule has 10 heteroatoms. The minimum Gasteiger partial charge on any atom is -0.497 e. The van der Waals surface area contributed by atoms with Crippen LogP contribution < -0.4 is 14.2 Å². The van der Waals surface area contributed by atoms with Crippen molar-refractivity contribution < 1.29 is 28.3 Å². The molecule has 0 aliphatic carbocycles. The van der Waals surface area contributed by atoms with Crippen LogP contribution in [0.25, 0.3) is 11.4 Å². The summed E-state index contributed by atoms with van der Waals surface area (Å²) in [4.78, 5) is 33.6. The van der Waals surface area contributed by atoms with Gasteiger partial charge < -0.3 is 28.5 Å². The van der Waals surface area contributed by atoms with E-state index in [1.54, 1.807) is 42.2 Å². The Labute approximate surface area is 203 Å². The molecule has 1 aliphatic heterocycles. The van der Waals surface area contributed by atoms with Gasteiger partial charge >= 0.3 is 0 Å². The second-order valence-corrected chi connectivity index (χ2v) is 7.98. The molecule has 1 saturated heterocycles. The Balaban J connectivity index is 1.28. The highest BCUT2D eigenvalue weighted by atomic mass is 16.5. The zero-order valence-corrected chi connectivity index (χ0v) is 20.0. The van der Waals surface area contributed by atoms with Crippen molar-refractivity contribution in [2.45, 2.75) is 12.8 Å². The molecule has 1 fully saturated rings. The minimum absolute atomic E-state index is 0.0108. The molecular formula is C25H28N4O6. The lowest BCUT2D eigenvalue weighted by atomic mass is 10.1. The third-order valence-corrected chi connectivity index (χ3v) is 5.93. The fourth-order valence-corrected chi connectivity index (χ4v) is 3.89. The topological polar surface area (TPSA) is 107 Å². The van der Waals surface area contributed by atoms with Gasteiger partial charge in [-0.05, 0) is 36.4 Å². The van der Waals surface area contributed by atoms with Crippen molar-refractivity contribution in [1.82, 2.24) is 19.9 Å². The number of aromatic nitrogens is 2. The third kappa shape index (κ3) is 5.53. The maximum absolute atomic E-state index is 13.0. The number of carbonyl (C=O) groups is 2. The summed E-state index contributed by atoms with van der Waals surface area (Å²) >= 11 is 0. The van der Waals surface area contributed by atoms with E-state index in [2.05, 4.69) is 10.1 Å². The van der Waals surface area contributed by atoms with E-state index in [4.69, 9.17) is 18.7 Å². The molecule has 0 bridgehead atoms. The van der Waals surface area contributed by atoms with E-state index in [0.717, 1.165) is 11.3 Å². The summed E-state index contributed by atoms with van der Waals surface area (Å²) in [6.45, 7) is 1.82. The maximum atomic E-state index is 13.0. The summed E-state index contributed by atoms with van der Waals surface area (Å²) in [7, 11) is 4.69. The smallest absolute Gasteiger partial charge is 0.257 e. The van der Waals surface area contributed by atoms with Crippen LogP contribution >= 0.6 is 0 Å². The number of ether oxygens (including phenoxy) is 3. The first-order chi connectivity index (χ1) is 17.0. The van der Waals surface area contributed by atoms with Crippen molar-refractivity contribution in [3.8, 4) is 28.6 Å². The van der Waals surface area contributed by atoms with Crippen molar-refractivity contribution in [2.24, 2.45) is 0 Å². The van der Waals surface area contributed by atoms with E-state index < -0.39 is 0 Å². The first-order valence-corrected chi connectivity index (χ1v) is 11.3. The lowest BCUT2D eigenvalue weighted by Gasteiger charge is -2.35. The Morgan fingerprint density at radius 1 is 0.886 bits per heavy atom. The molecule has 0 radical (unpaired) electrons. The van der Waals surface area contributed by atoms with Gasteiger partial charge in [-0.1, -0.05) is 5.16 Å². The number of hydrogen-bond acceptors (Lipinski definition) is 8. The Kier molecular flexibility index (Phi) is 7.49. The standard InChI is InChI=1S/C25H28N4O6/c1-32-18-6-4-17(5-7-18)24-26-22(35-27-24)10-11-23(30)28-12-14-29(15-13-28)25(31)20-9-8-19(33-2)16-21(20)34-3/h4-9,16H,10-15H2,1-3H3. The molecular weight excluding hydrogens is 452 g/mol. The Hall–Kier alpha value is -4.08. The molecule has 3 aromatic rings. The lowest BCUT2D eigenvalue weighted by molar-refractivity contribution is -0.132. The number of amides is 2. The quantitative estimate of drug-likeness (QED) is 0.484. The number of methoxy groups -OCH3 is 3. The van der Waals surface area contributed by atoms with Crippen molar-refractivity contribution in [2.75, 3.05) is 47.5 Å². The third-order valence-electron chi connectivity index (χ3n) is 5.93. The fraction of sp³-hybridized carbons (Fsp3) is 0.360. The molecule has 0 unspecified atom stereocenters.